The highest BCUT2D eigenvalue weighted by Gasteiger charge is 2.43. The Hall–Kier alpha value is -8.05. The minimum absolute atomic E-state index is 0.0170. The number of aromatic nitrogens is 1. The number of amides is 10. The predicted molar refractivity (Wildman–Crippen MR) is 268 cm³/mol. The van der Waals surface area contributed by atoms with E-state index < -0.39 is 120 Å². The molecule has 8 atom stereocenters. The third kappa shape index (κ3) is 16.5. The number of rotatable bonds is 15. The lowest BCUT2D eigenvalue weighted by atomic mass is 9.98. The summed E-state index contributed by atoms with van der Waals surface area (Å²) in [5.74, 6) is -8.04. The summed E-state index contributed by atoms with van der Waals surface area (Å²) in [5.41, 5.74) is 18.8. The largest absolute Gasteiger partial charge is 0.370 e. The minimum atomic E-state index is -1.58. The van der Waals surface area contributed by atoms with Crippen LogP contribution in [0.5, 0.6) is 0 Å². The molecular weight excluding hydrogens is 945 g/mol. The summed E-state index contributed by atoms with van der Waals surface area (Å²) in [6.45, 7) is 4.03. The van der Waals surface area contributed by atoms with Gasteiger partial charge in [0.05, 0.1) is 13.0 Å². The number of nitrogens with two attached hydrogens (primary N) is 3. The molecule has 0 saturated carbocycles. The number of benzene rings is 2. The number of hydrogen-bond donors (Lipinski definition) is 12. The maximum atomic E-state index is 15.0. The Morgan fingerprint density at radius 3 is 2.22 bits per heavy atom. The molecule has 394 valence electrons. The van der Waals surface area contributed by atoms with Gasteiger partial charge in [0.15, 0.2) is 5.96 Å². The third-order valence-corrected chi connectivity index (χ3v) is 12.5. The first-order valence-electron chi connectivity index (χ1n) is 24.4. The second-order valence-electron chi connectivity index (χ2n) is 18.2. The fourth-order valence-corrected chi connectivity index (χ4v) is 8.63. The molecule has 0 radical (unpaired) electrons. The summed E-state index contributed by atoms with van der Waals surface area (Å²) in [6, 6.07) is 5.15. The molecule has 10 amide bonds. The number of piperazine rings is 1. The molecule has 0 spiro atoms. The van der Waals surface area contributed by atoms with Crippen molar-refractivity contribution in [1.29, 1.82) is 0 Å². The van der Waals surface area contributed by atoms with Crippen LogP contribution in [0.4, 0.5) is 0 Å². The van der Waals surface area contributed by atoms with Crippen molar-refractivity contribution in [3.05, 3.63) is 71.9 Å². The predicted octanol–water partition coefficient (Wildman–Crippen LogP) is -2.37. The maximum absolute atomic E-state index is 15.0. The number of hydrogen-bond acceptors (Lipinski definition) is 11. The first-order valence-corrected chi connectivity index (χ1v) is 24.4. The summed E-state index contributed by atoms with van der Waals surface area (Å²) in [4.78, 5) is 146. The number of nitrogens with zero attached hydrogens (tertiary/aromatic N) is 2. The zero-order valence-electron chi connectivity index (χ0n) is 41.3. The molecule has 24 nitrogen and oxygen atoms in total. The zero-order valence-corrected chi connectivity index (χ0v) is 41.3. The van der Waals surface area contributed by atoms with Crippen molar-refractivity contribution in [3.63, 3.8) is 0 Å². The first-order chi connectivity index (χ1) is 34.8. The molecule has 24 heteroatoms. The summed E-state index contributed by atoms with van der Waals surface area (Å²) < 4.78 is 0. The van der Waals surface area contributed by atoms with Gasteiger partial charge in [0.1, 0.15) is 48.3 Å². The number of nitrogens with one attached hydrogen (secondary N) is 9. The Morgan fingerprint density at radius 2 is 1.52 bits per heavy atom. The van der Waals surface area contributed by atoms with Gasteiger partial charge in [-0.3, -0.25) is 52.9 Å². The first kappa shape index (κ1) is 55.9. The quantitative estimate of drug-likeness (QED) is 0.0432. The van der Waals surface area contributed by atoms with Crippen molar-refractivity contribution in [2.75, 3.05) is 19.6 Å². The van der Waals surface area contributed by atoms with E-state index in [2.05, 4.69) is 52.5 Å². The molecule has 2 aliphatic rings. The lowest BCUT2D eigenvalue weighted by Crippen LogP contribution is -2.68. The van der Waals surface area contributed by atoms with Crippen molar-refractivity contribution in [2.45, 2.75) is 133 Å². The van der Waals surface area contributed by atoms with Gasteiger partial charge in [-0.05, 0) is 56.2 Å². The van der Waals surface area contributed by atoms with E-state index >= 15 is 4.79 Å². The van der Waals surface area contributed by atoms with Crippen LogP contribution in [0.15, 0.2) is 65.8 Å². The number of aromatic amines is 1. The highest BCUT2D eigenvalue weighted by Crippen LogP contribution is 2.21. The van der Waals surface area contributed by atoms with E-state index in [1.54, 1.807) is 42.6 Å². The molecule has 2 bridgehead atoms. The second-order valence-corrected chi connectivity index (χ2v) is 18.2. The monoisotopic (exact) mass is 1010 g/mol. The van der Waals surface area contributed by atoms with Gasteiger partial charge in [-0.2, -0.15) is 0 Å². The van der Waals surface area contributed by atoms with Crippen LogP contribution in [0.2, 0.25) is 0 Å². The molecule has 5 rings (SSSR count). The van der Waals surface area contributed by atoms with Crippen LogP contribution >= 0.6 is 0 Å². The molecule has 3 heterocycles. The lowest BCUT2D eigenvalue weighted by Gasteiger charge is -2.41. The fraction of sp³-hybridized carbons (Fsp3) is 0.490. The number of primary amides is 1. The summed E-state index contributed by atoms with van der Waals surface area (Å²) in [6.07, 6.45) is 2.51. The third-order valence-electron chi connectivity index (χ3n) is 12.5. The number of aliphatic imine (C=N–C) groups is 1. The molecule has 2 aromatic carbocycles. The van der Waals surface area contributed by atoms with Crippen molar-refractivity contribution < 1.29 is 47.9 Å². The zero-order chi connectivity index (χ0) is 53.2. The van der Waals surface area contributed by atoms with Crippen LogP contribution in [-0.4, -0.2) is 143 Å². The minimum Gasteiger partial charge on any atom is -0.370 e. The van der Waals surface area contributed by atoms with Gasteiger partial charge in [0, 0.05) is 50.0 Å². The van der Waals surface area contributed by atoms with Crippen LogP contribution in [-0.2, 0) is 60.8 Å². The molecule has 2 aliphatic heterocycles. The van der Waals surface area contributed by atoms with E-state index in [-0.39, 0.29) is 64.0 Å². The number of carbonyl (C=O) groups excluding carboxylic acids is 10. The highest BCUT2D eigenvalue weighted by molar-refractivity contribution is 6.00. The Balaban J connectivity index is 1.55. The van der Waals surface area contributed by atoms with E-state index in [0.717, 1.165) is 10.9 Å². The lowest BCUT2D eigenvalue weighted by molar-refractivity contribution is -0.150. The SMILES string of the molecule is CCCC[C@H](NC(C)=O)C(=O)N[C@H]1CC(=O)NCCC[C@@H](C(N)=O)NC(=O)[C@H](Cc2c[nH]c3ccccc23)NC(=O)[C@H]2CN(C(=O)[C@@H](Cc3ccccc3)NC(=O)[C@H](C)NC1=O)[C@@H](CCCN=C(N)N)C(=O)N2. The standard InChI is InChI=1S/C49H68N14O10/c1-4-5-16-34(57-28(3)64)43(68)60-36-24-40(65)53-20-11-18-33(41(50)66)58-45(70)35(23-30-25-55-32-17-10-9-15-31(30)32)59-46(71)38-26-63(39(47(72)62-38)19-12-21-54-49(51)52)48(73)37(22-29-13-7-6-8-14-29)61-42(67)27(2)56-44(36)69/h6-10,13-15,17,25,27,33-39,55H,4-5,11-12,16,18-24,26H2,1-3H3,(H2,50,66)(H,53,65)(H,56,69)(H,57,64)(H,58,70)(H,59,71)(H,60,68)(H,61,67)(H,62,72)(H4,51,52,54)/t27-,33-,34-,35-,36-,37+,38+,39-/m0/s1. The van der Waals surface area contributed by atoms with Crippen LogP contribution in [0.3, 0.4) is 0 Å². The van der Waals surface area contributed by atoms with Gasteiger partial charge >= 0.3 is 0 Å². The van der Waals surface area contributed by atoms with Gasteiger partial charge < -0.3 is 69.6 Å². The van der Waals surface area contributed by atoms with Crippen LogP contribution in [0, 0.1) is 0 Å². The number of H-pyrrole nitrogens is 1. The van der Waals surface area contributed by atoms with Gasteiger partial charge in [0.2, 0.25) is 59.1 Å². The average Bonchev–Trinajstić information content (AvgIpc) is 3.76. The van der Waals surface area contributed by atoms with Gasteiger partial charge in [0.25, 0.3) is 0 Å². The number of unbranched alkanes of at least 4 members (excludes halogenated alkanes) is 1. The van der Waals surface area contributed by atoms with Gasteiger partial charge in [-0.1, -0.05) is 68.3 Å². The Morgan fingerprint density at radius 1 is 0.808 bits per heavy atom. The highest BCUT2D eigenvalue weighted by atomic mass is 16.2. The van der Waals surface area contributed by atoms with Crippen molar-refractivity contribution in [1.82, 2.24) is 52.4 Å². The topological polar surface area (TPSA) is 376 Å². The molecule has 73 heavy (non-hydrogen) atoms. The summed E-state index contributed by atoms with van der Waals surface area (Å²) in [5, 5.41) is 21.8. The van der Waals surface area contributed by atoms with E-state index in [4.69, 9.17) is 17.2 Å². The van der Waals surface area contributed by atoms with E-state index in [9.17, 15) is 43.2 Å². The normalized spacial score (nSPS) is 23.3. The fourth-order valence-electron chi connectivity index (χ4n) is 8.63. The van der Waals surface area contributed by atoms with E-state index in [1.807, 2.05) is 25.1 Å². The number of carbonyl (C=O) groups is 10. The Kier molecular flexibility index (Phi) is 20.6. The molecule has 1 aromatic heterocycles. The maximum Gasteiger partial charge on any atom is 0.246 e. The molecule has 0 aliphatic carbocycles. The molecule has 2 saturated heterocycles. The Labute approximate surface area is 422 Å². The van der Waals surface area contributed by atoms with Gasteiger partial charge in [-0.25, -0.2) is 0 Å². The number of fused-ring (bicyclic) bond motifs is 3. The molecule has 0 unspecified atom stereocenters. The molecule has 2 fully saturated rings. The number of para-hydroxylation sites is 1. The van der Waals surface area contributed by atoms with Crippen molar-refractivity contribution in [3.8, 4) is 0 Å². The second kappa shape index (κ2) is 27.0. The molecular formula is C49H68N14O10. The molecule has 3 aromatic rings. The van der Waals surface area contributed by atoms with Crippen LogP contribution in [0.25, 0.3) is 10.9 Å². The van der Waals surface area contributed by atoms with Crippen molar-refractivity contribution >= 4 is 75.9 Å². The van der Waals surface area contributed by atoms with Crippen molar-refractivity contribution in [2.24, 2.45) is 22.2 Å². The molecule has 15 N–H and O–H groups in total. The summed E-state index contributed by atoms with van der Waals surface area (Å²) >= 11 is 0. The number of guanidine groups is 1. The van der Waals surface area contributed by atoms with Crippen LogP contribution < -0.4 is 59.7 Å². The smallest absolute Gasteiger partial charge is 0.246 e. The summed E-state index contributed by atoms with van der Waals surface area (Å²) in [7, 11) is 0. The van der Waals surface area contributed by atoms with E-state index in [1.165, 1.54) is 18.7 Å². The van der Waals surface area contributed by atoms with E-state index in [0.29, 0.717) is 24.0 Å². The Bertz CT molecular complexity index is 2510. The van der Waals surface area contributed by atoms with Gasteiger partial charge in [-0.15, -0.1) is 0 Å². The average molecular weight is 1010 g/mol. The van der Waals surface area contributed by atoms with Crippen LogP contribution in [0.1, 0.15) is 83.3 Å².